The van der Waals surface area contributed by atoms with Gasteiger partial charge in [-0.1, -0.05) is 6.07 Å². The normalized spacial score (nSPS) is 24.2. The van der Waals surface area contributed by atoms with Crippen molar-refractivity contribution in [1.82, 2.24) is 14.1 Å². The monoisotopic (exact) mass is 357 g/mol. The van der Waals surface area contributed by atoms with Gasteiger partial charge in [-0.3, -0.25) is 9.69 Å². The van der Waals surface area contributed by atoms with E-state index in [2.05, 4.69) is 22.4 Å². The Morgan fingerprint density at radius 1 is 1.26 bits per heavy atom. The van der Waals surface area contributed by atoms with E-state index in [1.807, 2.05) is 4.90 Å². The summed E-state index contributed by atoms with van der Waals surface area (Å²) in [5, 5.41) is 2.08. The van der Waals surface area contributed by atoms with E-state index < -0.39 is 16.1 Å². The van der Waals surface area contributed by atoms with E-state index in [1.165, 1.54) is 15.4 Å². The molecule has 2 aliphatic heterocycles. The quantitative estimate of drug-likeness (QED) is 0.800. The molecule has 3 heterocycles. The molecule has 1 amide bonds. The predicted molar refractivity (Wildman–Crippen MR) is 90.7 cm³/mol. The van der Waals surface area contributed by atoms with Crippen molar-refractivity contribution in [2.24, 2.45) is 0 Å². The second-order valence-electron chi connectivity index (χ2n) is 6.21. The maximum atomic E-state index is 12.7. The van der Waals surface area contributed by atoms with Crippen LogP contribution in [0, 0.1) is 0 Å². The van der Waals surface area contributed by atoms with Crippen molar-refractivity contribution in [3.05, 3.63) is 22.4 Å². The minimum absolute atomic E-state index is 0.0244. The van der Waals surface area contributed by atoms with Gasteiger partial charge in [-0.2, -0.15) is 4.31 Å². The zero-order valence-electron chi connectivity index (χ0n) is 13.3. The van der Waals surface area contributed by atoms with Crippen molar-refractivity contribution in [2.75, 3.05) is 39.0 Å². The molecule has 23 heavy (non-hydrogen) atoms. The van der Waals surface area contributed by atoms with Gasteiger partial charge in [0.15, 0.2) is 0 Å². The summed E-state index contributed by atoms with van der Waals surface area (Å²) in [6.45, 7) is 4.44. The predicted octanol–water partition coefficient (Wildman–Crippen LogP) is 0.816. The maximum Gasteiger partial charge on any atom is 0.241 e. The Labute approximate surface area is 141 Å². The van der Waals surface area contributed by atoms with Gasteiger partial charge in [0.1, 0.15) is 6.04 Å². The standard InChI is InChI=1S/C15H23N3O3S2/c1-23(20,21)18-6-2-5-14(18)15(19)17-9-7-16(8-10-17)12-13-4-3-11-22-13/h3-4,11,14H,2,5-10,12H2,1H3. The average molecular weight is 358 g/mol. The topological polar surface area (TPSA) is 60.9 Å². The molecule has 6 nitrogen and oxygen atoms in total. The first-order valence-corrected chi connectivity index (χ1v) is 10.7. The minimum Gasteiger partial charge on any atom is -0.339 e. The summed E-state index contributed by atoms with van der Waals surface area (Å²) in [6, 6.07) is 3.69. The van der Waals surface area contributed by atoms with Gasteiger partial charge < -0.3 is 4.90 Å². The van der Waals surface area contributed by atoms with Gasteiger partial charge >= 0.3 is 0 Å². The summed E-state index contributed by atoms with van der Waals surface area (Å²) in [5.74, 6) is -0.0244. The van der Waals surface area contributed by atoms with E-state index in [9.17, 15) is 13.2 Å². The fourth-order valence-electron chi connectivity index (χ4n) is 3.34. The molecule has 0 radical (unpaired) electrons. The molecule has 0 saturated carbocycles. The van der Waals surface area contributed by atoms with E-state index in [4.69, 9.17) is 0 Å². The number of sulfonamides is 1. The maximum absolute atomic E-state index is 12.7. The third-order valence-corrected chi connectivity index (χ3v) is 6.71. The number of thiophene rings is 1. The first-order chi connectivity index (χ1) is 10.9. The molecule has 1 unspecified atom stereocenters. The van der Waals surface area contributed by atoms with Crippen LogP contribution in [0.4, 0.5) is 0 Å². The molecule has 3 rings (SSSR count). The molecule has 1 atom stereocenters. The van der Waals surface area contributed by atoms with E-state index in [0.717, 1.165) is 26.1 Å². The molecule has 128 valence electrons. The summed E-state index contributed by atoms with van der Waals surface area (Å²) in [4.78, 5) is 18.2. The van der Waals surface area contributed by atoms with Crippen LogP contribution in [0.1, 0.15) is 17.7 Å². The second-order valence-corrected chi connectivity index (χ2v) is 9.18. The Morgan fingerprint density at radius 3 is 2.61 bits per heavy atom. The van der Waals surface area contributed by atoms with Crippen molar-refractivity contribution in [1.29, 1.82) is 0 Å². The van der Waals surface area contributed by atoms with Crippen LogP contribution < -0.4 is 0 Å². The second kappa shape index (κ2) is 6.88. The average Bonchev–Trinajstić information content (AvgIpc) is 3.18. The van der Waals surface area contributed by atoms with E-state index in [-0.39, 0.29) is 5.91 Å². The van der Waals surface area contributed by atoms with Crippen LogP contribution in [-0.2, 0) is 21.4 Å². The molecule has 8 heteroatoms. The SMILES string of the molecule is CS(=O)(=O)N1CCCC1C(=O)N1CCN(Cc2cccs2)CC1. The van der Waals surface area contributed by atoms with Crippen LogP contribution in [0.5, 0.6) is 0 Å². The lowest BCUT2D eigenvalue weighted by atomic mass is 10.2. The van der Waals surface area contributed by atoms with Gasteiger partial charge in [0, 0.05) is 44.1 Å². The Bertz CT molecular complexity index is 637. The summed E-state index contributed by atoms with van der Waals surface area (Å²) >= 11 is 1.75. The van der Waals surface area contributed by atoms with E-state index >= 15 is 0 Å². The highest BCUT2D eigenvalue weighted by Gasteiger charge is 2.39. The molecule has 2 fully saturated rings. The highest BCUT2D eigenvalue weighted by molar-refractivity contribution is 7.88. The van der Waals surface area contributed by atoms with Crippen molar-refractivity contribution in [2.45, 2.75) is 25.4 Å². The van der Waals surface area contributed by atoms with E-state index in [0.29, 0.717) is 26.1 Å². The lowest BCUT2D eigenvalue weighted by Gasteiger charge is -2.36. The zero-order chi connectivity index (χ0) is 16.4. The molecule has 1 aromatic heterocycles. The number of nitrogens with zero attached hydrogens (tertiary/aromatic N) is 3. The Kier molecular flexibility index (Phi) is 5.05. The molecule has 2 aliphatic rings. The first-order valence-electron chi connectivity index (χ1n) is 7.95. The van der Waals surface area contributed by atoms with Crippen LogP contribution in [-0.4, -0.2) is 73.5 Å². The fourth-order valence-corrected chi connectivity index (χ4v) is 5.21. The lowest BCUT2D eigenvalue weighted by molar-refractivity contribution is -0.136. The van der Waals surface area contributed by atoms with Gasteiger partial charge in [-0.15, -0.1) is 11.3 Å². The molecule has 0 aromatic carbocycles. The summed E-state index contributed by atoms with van der Waals surface area (Å²) in [6.07, 6.45) is 2.60. The van der Waals surface area contributed by atoms with Gasteiger partial charge in [-0.25, -0.2) is 8.42 Å². The molecule has 1 aromatic rings. The smallest absolute Gasteiger partial charge is 0.241 e. The number of piperazine rings is 1. The summed E-state index contributed by atoms with van der Waals surface area (Å²) in [7, 11) is -3.30. The van der Waals surface area contributed by atoms with Gasteiger partial charge in [0.05, 0.1) is 6.26 Å². The number of carbonyl (C=O) groups is 1. The van der Waals surface area contributed by atoms with Crippen molar-refractivity contribution < 1.29 is 13.2 Å². The molecule has 0 N–H and O–H groups in total. The van der Waals surface area contributed by atoms with Gasteiger partial charge in [0.25, 0.3) is 0 Å². The van der Waals surface area contributed by atoms with Crippen molar-refractivity contribution in [3.63, 3.8) is 0 Å². The molecule has 0 bridgehead atoms. The lowest BCUT2D eigenvalue weighted by Crippen LogP contribution is -2.54. The number of hydrogen-bond donors (Lipinski definition) is 0. The largest absolute Gasteiger partial charge is 0.339 e. The minimum atomic E-state index is -3.30. The number of rotatable bonds is 4. The fraction of sp³-hybridized carbons (Fsp3) is 0.667. The van der Waals surface area contributed by atoms with Gasteiger partial charge in [-0.05, 0) is 24.3 Å². The number of amides is 1. The third-order valence-electron chi connectivity index (χ3n) is 4.56. The molecular formula is C15H23N3O3S2. The Morgan fingerprint density at radius 2 is 2.00 bits per heavy atom. The van der Waals surface area contributed by atoms with Crippen LogP contribution in [0.2, 0.25) is 0 Å². The molecular weight excluding hydrogens is 334 g/mol. The summed E-state index contributed by atoms with van der Waals surface area (Å²) < 4.78 is 25.0. The van der Waals surface area contributed by atoms with Crippen molar-refractivity contribution >= 4 is 27.3 Å². The van der Waals surface area contributed by atoms with Crippen LogP contribution in [0.25, 0.3) is 0 Å². The molecule has 2 saturated heterocycles. The first kappa shape index (κ1) is 16.9. The van der Waals surface area contributed by atoms with Crippen molar-refractivity contribution in [3.8, 4) is 0 Å². The molecule has 0 aliphatic carbocycles. The number of hydrogen-bond acceptors (Lipinski definition) is 5. The molecule has 0 spiro atoms. The zero-order valence-corrected chi connectivity index (χ0v) is 15.0. The highest BCUT2D eigenvalue weighted by Crippen LogP contribution is 2.23. The summed E-state index contributed by atoms with van der Waals surface area (Å²) in [5.41, 5.74) is 0. The Balaban J connectivity index is 1.56. The van der Waals surface area contributed by atoms with Crippen LogP contribution >= 0.6 is 11.3 Å². The Hall–Kier alpha value is -0.960. The third kappa shape index (κ3) is 3.93. The van der Waals surface area contributed by atoms with Crippen LogP contribution in [0.15, 0.2) is 17.5 Å². The van der Waals surface area contributed by atoms with E-state index in [1.54, 1.807) is 11.3 Å². The number of carbonyl (C=O) groups excluding carboxylic acids is 1. The van der Waals surface area contributed by atoms with Crippen LogP contribution in [0.3, 0.4) is 0 Å². The van der Waals surface area contributed by atoms with Gasteiger partial charge in [0.2, 0.25) is 15.9 Å². The highest BCUT2D eigenvalue weighted by atomic mass is 32.2.